The number of hydrogen-bond donors (Lipinski definition) is 3. The predicted octanol–water partition coefficient (Wildman–Crippen LogP) is 4.16. The molecule has 7 rings (SSSR count). The number of likely N-dealkylation sites (tertiary alicyclic amines) is 1. The molecule has 1 aliphatic heterocycles. The lowest BCUT2D eigenvalue weighted by Crippen LogP contribution is -2.39. The van der Waals surface area contributed by atoms with Crippen molar-refractivity contribution in [2.24, 2.45) is 0 Å². The highest BCUT2D eigenvalue weighted by atomic mass is 16.1. The second-order valence-corrected chi connectivity index (χ2v) is 10.9. The number of nitrogens with two attached hydrogens (primary N) is 1. The van der Waals surface area contributed by atoms with Gasteiger partial charge in [-0.15, -0.1) is 0 Å². The number of fused-ring (bicyclic) bond motifs is 1. The van der Waals surface area contributed by atoms with E-state index >= 15 is 0 Å². The topological polar surface area (TPSA) is 167 Å². The highest BCUT2D eigenvalue weighted by Gasteiger charge is 2.21. The lowest BCUT2D eigenvalue weighted by molar-refractivity contribution is 0.211. The van der Waals surface area contributed by atoms with E-state index in [9.17, 15) is 4.79 Å². The summed E-state index contributed by atoms with van der Waals surface area (Å²) in [7, 11) is 0. The van der Waals surface area contributed by atoms with Crippen molar-refractivity contribution >= 4 is 22.9 Å². The second-order valence-electron chi connectivity index (χ2n) is 10.9. The molecule has 12 nitrogen and oxygen atoms in total. The lowest BCUT2D eigenvalue weighted by atomic mass is 10.0. The van der Waals surface area contributed by atoms with Gasteiger partial charge in [-0.05, 0) is 66.9 Å². The van der Waals surface area contributed by atoms with Crippen molar-refractivity contribution in [2.75, 3.05) is 24.1 Å². The Morgan fingerprint density at radius 3 is 2.56 bits per heavy atom. The predicted molar refractivity (Wildman–Crippen MR) is 171 cm³/mol. The van der Waals surface area contributed by atoms with Gasteiger partial charge in [0.2, 0.25) is 11.5 Å². The van der Waals surface area contributed by atoms with E-state index < -0.39 is 0 Å². The number of pyridine rings is 3. The summed E-state index contributed by atoms with van der Waals surface area (Å²) in [6.45, 7) is 2.69. The van der Waals surface area contributed by atoms with E-state index in [0.29, 0.717) is 51.4 Å². The molecule has 0 amide bonds. The molecule has 1 aromatic carbocycles. The largest absolute Gasteiger partial charge is 0.383 e. The van der Waals surface area contributed by atoms with Crippen LogP contribution in [0.5, 0.6) is 0 Å². The van der Waals surface area contributed by atoms with Gasteiger partial charge in [-0.3, -0.25) is 14.3 Å². The molecule has 1 fully saturated rings. The molecule has 222 valence electrons. The Hall–Kier alpha value is -5.93. The zero-order valence-electron chi connectivity index (χ0n) is 24.3. The van der Waals surface area contributed by atoms with E-state index in [2.05, 4.69) is 60.5 Å². The monoisotopic (exact) mass is 595 g/mol. The molecule has 45 heavy (non-hydrogen) atoms. The van der Waals surface area contributed by atoms with Gasteiger partial charge in [-0.2, -0.15) is 5.26 Å². The normalized spacial score (nSPS) is 13.9. The van der Waals surface area contributed by atoms with Crippen molar-refractivity contribution in [1.82, 2.24) is 39.4 Å². The van der Waals surface area contributed by atoms with Crippen LogP contribution in [0.15, 0.2) is 90.0 Å². The summed E-state index contributed by atoms with van der Waals surface area (Å²) in [5.74, 6) is 1.51. The molecule has 1 saturated heterocycles. The van der Waals surface area contributed by atoms with Crippen molar-refractivity contribution in [3.63, 3.8) is 0 Å². The van der Waals surface area contributed by atoms with E-state index in [-0.39, 0.29) is 11.6 Å². The summed E-state index contributed by atoms with van der Waals surface area (Å²) >= 11 is 0. The number of aromatic amines is 1. The van der Waals surface area contributed by atoms with Gasteiger partial charge in [0.1, 0.15) is 23.1 Å². The fourth-order valence-electron chi connectivity index (χ4n) is 5.65. The SMILES string of the molecule is N#Cc1ccnc(NC2CCN(Cc3ccc(-n4c(-c5cccnc5N)nc5ccc(-c6cccc(=O)[nH]6)nc54)cc3)CC2)n1. The average Bonchev–Trinajstić information content (AvgIpc) is 3.45. The summed E-state index contributed by atoms with van der Waals surface area (Å²) in [6, 6.07) is 24.8. The number of aromatic nitrogens is 7. The molecule has 1 aliphatic rings. The van der Waals surface area contributed by atoms with Crippen molar-refractivity contribution in [2.45, 2.75) is 25.4 Å². The maximum atomic E-state index is 12.0. The van der Waals surface area contributed by atoms with E-state index in [1.54, 1.807) is 24.5 Å². The molecular formula is C33H29N11O. The molecule has 0 spiro atoms. The Labute approximate surface area is 258 Å². The van der Waals surface area contributed by atoms with E-state index in [1.165, 1.54) is 11.6 Å². The van der Waals surface area contributed by atoms with Crippen molar-refractivity contribution < 1.29 is 0 Å². The standard InChI is InChI=1S/C33H29N11O/c34-19-23-12-16-37-33(39-23)38-22-13-17-43(18-14-22)20-21-6-8-24(9-7-21)44-31(25-3-2-15-36-30(25)35)42-28-11-10-27(41-32(28)44)26-4-1-5-29(45)40-26/h1-12,15-16,22H,13-14,17-18,20H2,(H2,35,36)(H,40,45)(H,37,38,39). The number of anilines is 2. The second kappa shape index (κ2) is 12.0. The smallest absolute Gasteiger partial charge is 0.248 e. The van der Waals surface area contributed by atoms with E-state index in [1.807, 2.05) is 34.9 Å². The van der Waals surface area contributed by atoms with Crippen LogP contribution < -0.4 is 16.6 Å². The molecule has 0 unspecified atom stereocenters. The Kier molecular flexibility index (Phi) is 7.42. The zero-order valence-corrected chi connectivity index (χ0v) is 24.3. The van der Waals surface area contributed by atoms with Gasteiger partial charge in [-0.25, -0.2) is 24.9 Å². The number of nitrogens with one attached hydrogen (secondary N) is 2. The molecule has 0 radical (unpaired) electrons. The van der Waals surface area contributed by atoms with Crippen LogP contribution in [-0.4, -0.2) is 58.5 Å². The minimum absolute atomic E-state index is 0.192. The van der Waals surface area contributed by atoms with Crippen LogP contribution in [0.1, 0.15) is 24.1 Å². The van der Waals surface area contributed by atoms with Crippen LogP contribution in [0, 0.1) is 11.3 Å². The van der Waals surface area contributed by atoms with E-state index in [4.69, 9.17) is 21.0 Å². The average molecular weight is 596 g/mol. The summed E-state index contributed by atoms with van der Waals surface area (Å²) in [5, 5.41) is 12.5. The minimum Gasteiger partial charge on any atom is -0.383 e. The first-order valence-electron chi connectivity index (χ1n) is 14.7. The third-order valence-corrected chi connectivity index (χ3v) is 7.92. The Balaban J connectivity index is 1.14. The van der Waals surface area contributed by atoms with Crippen LogP contribution in [0.25, 0.3) is 39.6 Å². The number of hydrogen-bond acceptors (Lipinski definition) is 10. The number of nitrogens with zero attached hydrogens (tertiary/aromatic N) is 8. The molecule has 4 N–H and O–H groups in total. The summed E-state index contributed by atoms with van der Waals surface area (Å²) < 4.78 is 1.98. The molecule has 0 saturated carbocycles. The lowest BCUT2D eigenvalue weighted by Gasteiger charge is -2.32. The van der Waals surface area contributed by atoms with Gasteiger partial charge in [0.05, 0.1) is 17.0 Å². The maximum absolute atomic E-state index is 12.0. The van der Waals surface area contributed by atoms with Gasteiger partial charge >= 0.3 is 0 Å². The van der Waals surface area contributed by atoms with Gasteiger partial charge in [0, 0.05) is 49.8 Å². The number of H-pyrrole nitrogens is 1. The first-order chi connectivity index (χ1) is 22.0. The maximum Gasteiger partial charge on any atom is 0.248 e. The molecule has 6 heterocycles. The fraction of sp³-hybridized carbons (Fsp3) is 0.182. The quantitative estimate of drug-likeness (QED) is 0.244. The summed E-state index contributed by atoms with van der Waals surface area (Å²) in [6.07, 6.45) is 5.17. The minimum atomic E-state index is -0.192. The number of imidazole rings is 1. The number of benzene rings is 1. The van der Waals surface area contributed by atoms with Crippen LogP contribution in [-0.2, 0) is 6.54 Å². The van der Waals surface area contributed by atoms with Crippen LogP contribution >= 0.6 is 0 Å². The summed E-state index contributed by atoms with van der Waals surface area (Å²) in [4.78, 5) is 39.9. The van der Waals surface area contributed by atoms with Crippen LogP contribution in [0.3, 0.4) is 0 Å². The summed E-state index contributed by atoms with van der Waals surface area (Å²) in [5.41, 5.74) is 11.8. The Morgan fingerprint density at radius 1 is 0.933 bits per heavy atom. The van der Waals surface area contributed by atoms with Crippen LogP contribution in [0.2, 0.25) is 0 Å². The first kappa shape index (κ1) is 27.9. The molecule has 0 atom stereocenters. The van der Waals surface area contributed by atoms with Gasteiger partial charge in [-0.1, -0.05) is 18.2 Å². The zero-order chi connectivity index (χ0) is 30.8. The highest BCUT2D eigenvalue weighted by molar-refractivity contribution is 5.84. The van der Waals surface area contributed by atoms with E-state index in [0.717, 1.165) is 38.2 Å². The fourth-order valence-corrected chi connectivity index (χ4v) is 5.65. The number of nitriles is 1. The first-order valence-corrected chi connectivity index (χ1v) is 14.7. The van der Waals surface area contributed by atoms with Crippen molar-refractivity contribution in [1.29, 1.82) is 5.26 Å². The molecular weight excluding hydrogens is 566 g/mol. The van der Waals surface area contributed by atoms with Crippen molar-refractivity contribution in [3.05, 3.63) is 107 Å². The molecule has 0 bridgehead atoms. The third kappa shape index (κ3) is 5.84. The van der Waals surface area contributed by atoms with Crippen LogP contribution in [0.4, 0.5) is 11.8 Å². The van der Waals surface area contributed by atoms with Gasteiger partial charge in [0.15, 0.2) is 11.5 Å². The van der Waals surface area contributed by atoms with Gasteiger partial charge < -0.3 is 16.0 Å². The molecule has 6 aromatic rings. The molecule has 5 aromatic heterocycles. The Bertz CT molecular complexity index is 2090. The molecule has 0 aliphatic carbocycles. The number of nitrogen functional groups attached to an aromatic ring is 1. The van der Waals surface area contributed by atoms with Gasteiger partial charge in [0.25, 0.3) is 0 Å². The molecule has 12 heteroatoms. The Morgan fingerprint density at radius 2 is 1.78 bits per heavy atom. The van der Waals surface area contributed by atoms with Crippen molar-refractivity contribution in [3.8, 4) is 34.5 Å². The number of rotatable bonds is 7. The number of piperidine rings is 1. The third-order valence-electron chi connectivity index (χ3n) is 7.92. The highest BCUT2D eigenvalue weighted by Crippen LogP contribution is 2.31.